The van der Waals surface area contributed by atoms with Crippen LogP contribution in [0, 0.1) is 5.41 Å². The van der Waals surface area contributed by atoms with Gasteiger partial charge < -0.3 is 5.53 Å². The van der Waals surface area contributed by atoms with Crippen molar-refractivity contribution in [2.24, 2.45) is 5.41 Å². The van der Waals surface area contributed by atoms with Crippen LogP contribution in [0.25, 0.3) is 5.53 Å². The Labute approximate surface area is 76.6 Å². The summed E-state index contributed by atoms with van der Waals surface area (Å²) in [6, 6.07) is 0. The molecule has 1 aliphatic carbocycles. The lowest BCUT2D eigenvalue weighted by Crippen LogP contribution is -2.39. The molecule has 1 fully saturated rings. The van der Waals surface area contributed by atoms with Crippen LogP contribution in [0.4, 0.5) is 0 Å². The molecule has 0 aliphatic heterocycles. The topological polar surface area (TPSA) is 70.5 Å². The highest BCUT2D eigenvalue weighted by molar-refractivity contribution is 6.33. The fraction of sp³-hybridized carbons (Fsp3) is 0.667. The third kappa shape index (κ3) is 1.73. The van der Waals surface area contributed by atoms with Crippen LogP contribution in [-0.4, -0.2) is 22.6 Å². The fourth-order valence-electron chi connectivity index (χ4n) is 1.63. The van der Waals surface area contributed by atoms with E-state index in [1.807, 2.05) is 0 Å². The lowest BCUT2D eigenvalue weighted by Gasteiger charge is -2.27. The summed E-state index contributed by atoms with van der Waals surface area (Å²) < 4.78 is 0. The predicted molar refractivity (Wildman–Crippen MR) is 46.3 cm³/mol. The Bertz CT molecular complexity index is 292. The van der Waals surface area contributed by atoms with E-state index in [1.54, 1.807) is 6.92 Å². The second kappa shape index (κ2) is 3.62. The molecule has 0 aromatic heterocycles. The summed E-state index contributed by atoms with van der Waals surface area (Å²) >= 11 is 0. The molecule has 70 valence electrons. The van der Waals surface area contributed by atoms with Gasteiger partial charge in [-0.1, -0.05) is 6.42 Å². The minimum Gasteiger partial charge on any atom is -0.361 e. The van der Waals surface area contributed by atoms with Gasteiger partial charge in [0.05, 0.1) is 5.41 Å². The minimum absolute atomic E-state index is 0.0383. The van der Waals surface area contributed by atoms with Gasteiger partial charge in [-0.3, -0.25) is 9.59 Å². The first-order valence-electron chi connectivity index (χ1n) is 4.36. The molecule has 4 heteroatoms. The Morgan fingerprint density at radius 1 is 1.62 bits per heavy atom. The molecule has 1 unspecified atom stereocenters. The third-order valence-electron chi connectivity index (χ3n) is 2.66. The SMILES string of the molecule is CC1(C(=O)C=[N+]=[N-])CCCCC1=O. The van der Waals surface area contributed by atoms with Crippen molar-refractivity contribution >= 4 is 17.8 Å². The summed E-state index contributed by atoms with van der Waals surface area (Å²) in [6.07, 6.45) is 3.59. The van der Waals surface area contributed by atoms with Crippen molar-refractivity contribution < 1.29 is 14.4 Å². The van der Waals surface area contributed by atoms with Crippen LogP contribution in [0.5, 0.6) is 0 Å². The average molecular weight is 180 g/mol. The Hall–Kier alpha value is -1.28. The van der Waals surface area contributed by atoms with Crippen LogP contribution in [0.2, 0.25) is 0 Å². The van der Waals surface area contributed by atoms with Gasteiger partial charge in [0.25, 0.3) is 0 Å². The molecule has 1 atom stereocenters. The molecule has 0 aromatic rings. The summed E-state index contributed by atoms with van der Waals surface area (Å²) in [7, 11) is 0. The van der Waals surface area contributed by atoms with Gasteiger partial charge in [0.1, 0.15) is 5.78 Å². The van der Waals surface area contributed by atoms with Crippen LogP contribution in [0.15, 0.2) is 0 Å². The zero-order valence-corrected chi connectivity index (χ0v) is 7.62. The molecular weight excluding hydrogens is 168 g/mol. The zero-order valence-electron chi connectivity index (χ0n) is 7.62. The molecule has 1 aliphatic rings. The standard InChI is InChI=1S/C9H12N2O2/c1-9(8(13)6-11-10)5-3-2-4-7(9)12/h6H,2-5H2,1H3. The summed E-state index contributed by atoms with van der Waals surface area (Å²) in [5, 5.41) is 0. The maximum absolute atomic E-state index is 11.5. The van der Waals surface area contributed by atoms with Gasteiger partial charge in [0.2, 0.25) is 5.78 Å². The number of carbonyl (C=O) groups is 2. The van der Waals surface area contributed by atoms with E-state index < -0.39 is 5.41 Å². The van der Waals surface area contributed by atoms with E-state index in [9.17, 15) is 9.59 Å². The van der Waals surface area contributed by atoms with Gasteiger partial charge in [-0.15, -0.1) is 0 Å². The number of hydrogen-bond donors (Lipinski definition) is 0. The maximum atomic E-state index is 11.5. The molecule has 0 spiro atoms. The van der Waals surface area contributed by atoms with Gasteiger partial charge in [0, 0.05) is 6.42 Å². The van der Waals surface area contributed by atoms with Crippen LogP contribution in [0.3, 0.4) is 0 Å². The van der Waals surface area contributed by atoms with E-state index in [0.717, 1.165) is 19.1 Å². The quantitative estimate of drug-likeness (QED) is 0.275. The van der Waals surface area contributed by atoms with Crippen molar-refractivity contribution in [3.8, 4) is 0 Å². The van der Waals surface area contributed by atoms with Gasteiger partial charge in [0.15, 0.2) is 0 Å². The maximum Gasteiger partial charge on any atom is 0.324 e. The molecule has 4 nitrogen and oxygen atoms in total. The van der Waals surface area contributed by atoms with Gasteiger partial charge >= 0.3 is 6.21 Å². The molecule has 0 N–H and O–H groups in total. The van der Waals surface area contributed by atoms with Crippen molar-refractivity contribution in [3.63, 3.8) is 0 Å². The zero-order chi connectivity index (χ0) is 9.90. The van der Waals surface area contributed by atoms with E-state index in [-0.39, 0.29) is 11.6 Å². The van der Waals surface area contributed by atoms with Crippen molar-refractivity contribution in [2.75, 3.05) is 0 Å². The average Bonchev–Trinajstić information content (AvgIpc) is 2.11. The second-order valence-corrected chi connectivity index (χ2v) is 3.57. The predicted octanol–water partition coefficient (Wildman–Crippen LogP) is 1.01. The molecular formula is C9H12N2O2. The highest BCUT2D eigenvalue weighted by Crippen LogP contribution is 2.32. The summed E-state index contributed by atoms with van der Waals surface area (Å²) in [6.45, 7) is 1.62. The van der Waals surface area contributed by atoms with Crippen LogP contribution in [-0.2, 0) is 9.59 Å². The van der Waals surface area contributed by atoms with E-state index in [4.69, 9.17) is 5.53 Å². The van der Waals surface area contributed by atoms with Gasteiger partial charge in [-0.05, 0) is 19.8 Å². The van der Waals surface area contributed by atoms with E-state index in [2.05, 4.69) is 4.79 Å². The molecule has 0 amide bonds. The number of carbonyl (C=O) groups excluding carboxylic acids is 2. The van der Waals surface area contributed by atoms with Crippen LogP contribution < -0.4 is 0 Å². The fourth-order valence-corrected chi connectivity index (χ4v) is 1.63. The van der Waals surface area contributed by atoms with Gasteiger partial charge in [-0.2, -0.15) is 4.79 Å². The Kier molecular flexibility index (Phi) is 2.73. The second-order valence-electron chi connectivity index (χ2n) is 3.57. The molecule has 0 radical (unpaired) electrons. The van der Waals surface area contributed by atoms with Crippen LogP contribution in [0.1, 0.15) is 32.6 Å². The molecule has 0 bridgehead atoms. The summed E-state index contributed by atoms with van der Waals surface area (Å²) in [5.41, 5.74) is 7.27. The van der Waals surface area contributed by atoms with E-state index >= 15 is 0 Å². The highest BCUT2D eigenvalue weighted by atomic mass is 16.2. The van der Waals surface area contributed by atoms with Crippen molar-refractivity contribution in [1.29, 1.82) is 0 Å². The van der Waals surface area contributed by atoms with Crippen LogP contribution >= 0.6 is 0 Å². The lowest BCUT2D eigenvalue weighted by molar-refractivity contribution is -0.139. The number of rotatable bonds is 2. The molecule has 1 rings (SSSR count). The Balaban J connectivity index is 2.89. The van der Waals surface area contributed by atoms with E-state index in [1.165, 1.54) is 0 Å². The monoisotopic (exact) mass is 180 g/mol. The molecule has 13 heavy (non-hydrogen) atoms. The lowest BCUT2D eigenvalue weighted by atomic mass is 9.72. The summed E-state index contributed by atoms with van der Waals surface area (Å²) in [5.74, 6) is -0.427. The van der Waals surface area contributed by atoms with Crippen molar-refractivity contribution in [2.45, 2.75) is 32.6 Å². The Morgan fingerprint density at radius 3 is 2.85 bits per heavy atom. The number of Topliss-reactive ketones (excluding diaryl/α,β-unsaturated/α-hetero) is 2. The molecule has 1 saturated carbocycles. The summed E-state index contributed by atoms with van der Waals surface area (Å²) in [4.78, 5) is 25.5. The van der Waals surface area contributed by atoms with Gasteiger partial charge in [-0.25, -0.2) is 0 Å². The third-order valence-corrected chi connectivity index (χ3v) is 2.66. The number of ketones is 2. The largest absolute Gasteiger partial charge is 0.361 e. The van der Waals surface area contributed by atoms with Crippen molar-refractivity contribution in [1.82, 2.24) is 0 Å². The van der Waals surface area contributed by atoms with E-state index in [0.29, 0.717) is 12.8 Å². The molecule has 0 aromatic carbocycles. The smallest absolute Gasteiger partial charge is 0.324 e. The first-order valence-corrected chi connectivity index (χ1v) is 4.36. The first kappa shape index (κ1) is 9.81. The molecule has 0 saturated heterocycles. The van der Waals surface area contributed by atoms with Crippen molar-refractivity contribution in [3.05, 3.63) is 5.53 Å². The Morgan fingerprint density at radius 2 is 2.31 bits per heavy atom. The minimum atomic E-state index is -0.940. The number of hydrogen-bond acceptors (Lipinski definition) is 2. The normalized spacial score (nSPS) is 27.9. The highest BCUT2D eigenvalue weighted by Gasteiger charge is 2.42. The first-order chi connectivity index (χ1) is 6.11. The number of nitrogens with zero attached hydrogens (tertiary/aromatic N) is 2. The molecule has 0 heterocycles.